The van der Waals surface area contributed by atoms with Gasteiger partial charge in [0.25, 0.3) is 0 Å². The summed E-state index contributed by atoms with van der Waals surface area (Å²) in [4.78, 5) is 4.83. The highest BCUT2D eigenvalue weighted by Crippen LogP contribution is 2.33. The number of benzene rings is 1. The molecule has 1 aliphatic rings. The van der Waals surface area contributed by atoms with Gasteiger partial charge >= 0.3 is 0 Å². The Hall–Kier alpha value is -0.780. The van der Waals surface area contributed by atoms with Crippen LogP contribution in [0.1, 0.15) is 18.4 Å². The number of hydrogen-bond donors (Lipinski definition) is 0. The van der Waals surface area contributed by atoms with E-state index in [1.54, 1.807) is 14.2 Å². The predicted octanol–water partition coefficient (Wildman–Crippen LogP) is 2.99. The van der Waals surface area contributed by atoms with Gasteiger partial charge < -0.3 is 14.4 Å². The molecule has 1 fully saturated rings. The number of halogens is 1. The predicted molar refractivity (Wildman–Crippen MR) is 89.2 cm³/mol. The molecule has 0 amide bonds. The van der Waals surface area contributed by atoms with Gasteiger partial charge in [0.15, 0.2) is 0 Å². The molecule has 4 nitrogen and oxygen atoms in total. The van der Waals surface area contributed by atoms with Crippen LogP contribution in [0, 0.1) is 0 Å². The molecule has 0 radical (unpaired) electrons. The Morgan fingerprint density at radius 3 is 2.38 bits per heavy atom. The molecule has 118 valence electrons. The van der Waals surface area contributed by atoms with Gasteiger partial charge in [-0.2, -0.15) is 0 Å². The fourth-order valence-corrected chi connectivity index (χ4v) is 3.43. The zero-order valence-corrected chi connectivity index (χ0v) is 14.9. The first-order valence-electron chi connectivity index (χ1n) is 7.34. The van der Waals surface area contributed by atoms with Crippen LogP contribution in [-0.2, 0) is 6.54 Å². The minimum absolute atomic E-state index is 0.645. The van der Waals surface area contributed by atoms with Crippen LogP contribution in [0.15, 0.2) is 16.6 Å². The second-order valence-corrected chi connectivity index (χ2v) is 6.60. The molecule has 21 heavy (non-hydrogen) atoms. The molecule has 0 unspecified atom stereocenters. The lowest BCUT2D eigenvalue weighted by Gasteiger charge is -2.35. The van der Waals surface area contributed by atoms with E-state index in [-0.39, 0.29) is 0 Å². The SMILES string of the molecule is COc1cc(OC)c(CN(C)C2CCN(C)CC2)cc1Br. The second-order valence-electron chi connectivity index (χ2n) is 5.75. The third-order valence-electron chi connectivity index (χ3n) is 4.29. The molecule has 2 rings (SSSR count). The third kappa shape index (κ3) is 4.11. The van der Waals surface area contributed by atoms with Crippen LogP contribution in [0.3, 0.4) is 0 Å². The van der Waals surface area contributed by atoms with Crippen molar-refractivity contribution >= 4 is 15.9 Å². The van der Waals surface area contributed by atoms with Gasteiger partial charge in [0.05, 0.1) is 18.7 Å². The number of nitrogens with zero attached hydrogens (tertiary/aromatic N) is 2. The average molecular weight is 357 g/mol. The summed E-state index contributed by atoms with van der Waals surface area (Å²) in [6.45, 7) is 3.25. The monoisotopic (exact) mass is 356 g/mol. The highest BCUT2D eigenvalue weighted by atomic mass is 79.9. The minimum Gasteiger partial charge on any atom is -0.496 e. The molecule has 0 aliphatic carbocycles. The Morgan fingerprint density at radius 2 is 1.81 bits per heavy atom. The molecule has 0 spiro atoms. The summed E-state index contributed by atoms with van der Waals surface area (Å²) in [5.41, 5.74) is 1.19. The van der Waals surface area contributed by atoms with E-state index in [1.807, 2.05) is 6.07 Å². The van der Waals surface area contributed by atoms with Crippen LogP contribution in [0.5, 0.6) is 11.5 Å². The smallest absolute Gasteiger partial charge is 0.136 e. The molecular weight excluding hydrogens is 332 g/mol. The van der Waals surface area contributed by atoms with Gasteiger partial charge in [-0.1, -0.05) is 0 Å². The van der Waals surface area contributed by atoms with E-state index in [4.69, 9.17) is 9.47 Å². The fourth-order valence-electron chi connectivity index (χ4n) is 2.88. The van der Waals surface area contributed by atoms with Gasteiger partial charge in [0, 0.05) is 24.2 Å². The normalized spacial score (nSPS) is 17.2. The minimum atomic E-state index is 0.645. The number of rotatable bonds is 5. The number of hydrogen-bond acceptors (Lipinski definition) is 4. The van der Waals surface area contributed by atoms with Gasteiger partial charge in [-0.3, -0.25) is 4.90 Å². The maximum absolute atomic E-state index is 5.51. The number of ether oxygens (including phenoxy) is 2. The van der Waals surface area contributed by atoms with Crippen LogP contribution in [-0.4, -0.2) is 57.2 Å². The molecule has 1 aromatic carbocycles. The average Bonchev–Trinajstić information content (AvgIpc) is 2.48. The standard InChI is InChI=1S/C16H25BrN2O2/c1-18-7-5-13(6-8-18)19(2)11-12-9-14(17)16(21-4)10-15(12)20-3/h9-10,13H,5-8,11H2,1-4H3. The van der Waals surface area contributed by atoms with Gasteiger partial charge in [-0.15, -0.1) is 0 Å². The lowest BCUT2D eigenvalue weighted by Crippen LogP contribution is -2.41. The van der Waals surface area contributed by atoms with Crippen molar-refractivity contribution in [3.63, 3.8) is 0 Å². The van der Waals surface area contributed by atoms with E-state index in [1.165, 1.54) is 31.5 Å². The van der Waals surface area contributed by atoms with Crippen molar-refractivity contribution < 1.29 is 9.47 Å². The van der Waals surface area contributed by atoms with Gasteiger partial charge in [0.2, 0.25) is 0 Å². The highest BCUT2D eigenvalue weighted by Gasteiger charge is 2.21. The summed E-state index contributed by atoms with van der Waals surface area (Å²) in [7, 11) is 7.78. The summed E-state index contributed by atoms with van der Waals surface area (Å²) in [6, 6.07) is 4.69. The van der Waals surface area contributed by atoms with E-state index in [0.717, 1.165) is 22.5 Å². The maximum Gasteiger partial charge on any atom is 0.136 e. The number of methoxy groups -OCH3 is 2. The Kier molecular flexibility index (Phi) is 5.90. The lowest BCUT2D eigenvalue weighted by atomic mass is 10.0. The fraction of sp³-hybridized carbons (Fsp3) is 0.625. The van der Waals surface area contributed by atoms with E-state index in [0.29, 0.717) is 6.04 Å². The lowest BCUT2D eigenvalue weighted by molar-refractivity contribution is 0.138. The molecule has 0 saturated carbocycles. The summed E-state index contributed by atoms with van der Waals surface area (Å²) in [5, 5.41) is 0. The van der Waals surface area contributed by atoms with E-state index in [9.17, 15) is 0 Å². The van der Waals surface area contributed by atoms with Crippen molar-refractivity contribution in [1.82, 2.24) is 9.80 Å². The molecule has 0 atom stereocenters. The van der Waals surface area contributed by atoms with Gasteiger partial charge in [0.1, 0.15) is 11.5 Å². The van der Waals surface area contributed by atoms with Crippen LogP contribution in [0.4, 0.5) is 0 Å². The van der Waals surface area contributed by atoms with Gasteiger partial charge in [-0.25, -0.2) is 0 Å². The van der Waals surface area contributed by atoms with Crippen LogP contribution in [0.25, 0.3) is 0 Å². The first-order chi connectivity index (χ1) is 10.0. The molecule has 1 aromatic rings. The Balaban J connectivity index is 2.09. The molecule has 5 heteroatoms. The van der Waals surface area contributed by atoms with Crippen LogP contribution >= 0.6 is 15.9 Å². The zero-order valence-electron chi connectivity index (χ0n) is 13.4. The van der Waals surface area contributed by atoms with E-state index >= 15 is 0 Å². The number of likely N-dealkylation sites (tertiary alicyclic amines) is 1. The molecule has 1 heterocycles. The largest absolute Gasteiger partial charge is 0.496 e. The summed E-state index contributed by atoms with van der Waals surface area (Å²) >= 11 is 3.56. The van der Waals surface area contributed by atoms with Crippen molar-refractivity contribution in [2.75, 3.05) is 41.4 Å². The topological polar surface area (TPSA) is 24.9 Å². The van der Waals surface area contributed by atoms with Crippen molar-refractivity contribution in [3.05, 3.63) is 22.2 Å². The molecular formula is C16H25BrN2O2. The Morgan fingerprint density at radius 1 is 1.19 bits per heavy atom. The zero-order chi connectivity index (χ0) is 15.4. The van der Waals surface area contributed by atoms with Crippen molar-refractivity contribution in [3.8, 4) is 11.5 Å². The molecule has 1 aliphatic heterocycles. The molecule has 1 saturated heterocycles. The molecule has 0 aromatic heterocycles. The maximum atomic E-state index is 5.51. The summed E-state index contributed by atoms with van der Waals surface area (Å²) in [6.07, 6.45) is 2.46. The van der Waals surface area contributed by atoms with Crippen LogP contribution < -0.4 is 9.47 Å². The Labute approximate surface area is 136 Å². The second kappa shape index (κ2) is 7.47. The third-order valence-corrected chi connectivity index (χ3v) is 4.91. The number of piperidine rings is 1. The van der Waals surface area contributed by atoms with Gasteiger partial charge in [-0.05, 0) is 62.0 Å². The first-order valence-corrected chi connectivity index (χ1v) is 8.13. The van der Waals surface area contributed by atoms with Crippen molar-refractivity contribution in [2.45, 2.75) is 25.4 Å². The van der Waals surface area contributed by atoms with E-state index < -0.39 is 0 Å². The van der Waals surface area contributed by atoms with Crippen LogP contribution in [0.2, 0.25) is 0 Å². The summed E-state index contributed by atoms with van der Waals surface area (Å²) < 4.78 is 11.8. The molecule has 0 N–H and O–H groups in total. The van der Waals surface area contributed by atoms with Crippen molar-refractivity contribution in [2.24, 2.45) is 0 Å². The molecule has 0 bridgehead atoms. The highest BCUT2D eigenvalue weighted by molar-refractivity contribution is 9.10. The quantitative estimate of drug-likeness (QED) is 0.809. The Bertz CT molecular complexity index is 474. The first kappa shape index (κ1) is 16.6. The van der Waals surface area contributed by atoms with E-state index in [2.05, 4.69) is 45.9 Å². The summed E-state index contributed by atoms with van der Waals surface area (Å²) in [5.74, 6) is 1.69. The van der Waals surface area contributed by atoms with Crippen molar-refractivity contribution in [1.29, 1.82) is 0 Å².